The Bertz CT molecular complexity index is 1060. The molecule has 0 N–H and O–H groups in total. The third-order valence-electron chi connectivity index (χ3n) is 5.77. The van der Waals surface area contributed by atoms with Gasteiger partial charge in [0.25, 0.3) is 0 Å². The molecular weight excluding hydrogens is 394 g/mol. The van der Waals surface area contributed by atoms with Gasteiger partial charge >= 0.3 is 5.97 Å². The number of ether oxygens (including phenoxy) is 1. The van der Waals surface area contributed by atoms with Crippen LogP contribution in [0.3, 0.4) is 0 Å². The molecule has 1 aromatic carbocycles. The molecule has 31 heavy (non-hydrogen) atoms. The van der Waals surface area contributed by atoms with Gasteiger partial charge in [0.2, 0.25) is 11.7 Å². The van der Waals surface area contributed by atoms with Crippen LogP contribution in [0, 0.1) is 13.8 Å². The first-order valence-electron chi connectivity index (χ1n) is 10.4. The summed E-state index contributed by atoms with van der Waals surface area (Å²) in [7, 11) is 1.38. The number of carbonyl (C=O) groups is 1. The zero-order valence-electron chi connectivity index (χ0n) is 18.3. The fourth-order valence-corrected chi connectivity index (χ4v) is 3.77. The molecule has 0 amide bonds. The molecule has 1 atom stereocenters. The van der Waals surface area contributed by atoms with E-state index >= 15 is 0 Å². The molecule has 1 aliphatic rings. The number of pyridine rings is 1. The van der Waals surface area contributed by atoms with Gasteiger partial charge < -0.3 is 14.2 Å². The van der Waals surface area contributed by atoms with Gasteiger partial charge in [0.05, 0.1) is 24.4 Å². The zero-order chi connectivity index (χ0) is 22.0. The molecule has 1 fully saturated rings. The fourth-order valence-electron chi connectivity index (χ4n) is 3.77. The topological polar surface area (TPSA) is 84.6 Å². The second-order valence-electron chi connectivity index (χ2n) is 7.82. The van der Waals surface area contributed by atoms with Gasteiger partial charge in [-0.3, -0.25) is 4.90 Å². The van der Waals surface area contributed by atoms with E-state index in [0.717, 1.165) is 37.6 Å². The van der Waals surface area contributed by atoms with Crippen LogP contribution in [0.4, 0.5) is 5.82 Å². The number of hydrogen-bond donors (Lipinski definition) is 0. The van der Waals surface area contributed by atoms with Gasteiger partial charge in [0.1, 0.15) is 5.82 Å². The van der Waals surface area contributed by atoms with Crippen LogP contribution < -0.4 is 4.90 Å². The molecule has 3 heterocycles. The van der Waals surface area contributed by atoms with E-state index in [9.17, 15) is 4.79 Å². The first kappa shape index (κ1) is 21.0. The summed E-state index contributed by atoms with van der Waals surface area (Å²) in [6.45, 7) is 9.33. The van der Waals surface area contributed by atoms with Gasteiger partial charge in [-0.15, -0.1) is 0 Å². The van der Waals surface area contributed by atoms with Crippen molar-refractivity contribution in [3.63, 3.8) is 0 Å². The van der Waals surface area contributed by atoms with Crippen LogP contribution in [-0.2, 0) is 4.74 Å². The van der Waals surface area contributed by atoms with Crippen LogP contribution in [-0.4, -0.2) is 59.3 Å². The van der Waals surface area contributed by atoms with Crippen molar-refractivity contribution in [3.05, 3.63) is 59.1 Å². The van der Waals surface area contributed by atoms with Crippen LogP contribution in [0.15, 0.2) is 40.9 Å². The number of piperazine rings is 1. The Morgan fingerprint density at radius 2 is 1.74 bits per heavy atom. The highest BCUT2D eigenvalue weighted by Crippen LogP contribution is 2.25. The SMILES string of the molecule is COC(=O)c1ccc(N2CCN(C(C)c3nc(-c4ccc(C)cc4)no3)CC2)nc1C. The van der Waals surface area contributed by atoms with Crippen LogP contribution >= 0.6 is 0 Å². The van der Waals surface area contributed by atoms with Crippen molar-refractivity contribution in [1.29, 1.82) is 0 Å². The van der Waals surface area contributed by atoms with E-state index in [1.807, 2.05) is 37.3 Å². The third-order valence-corrected chi connectivity index (χ3v) is 5.77. The number of nitrogens with zero attached hydrogens (tertiary/aromatic N) is 5. The zero-order valence-corrected chi connectivity index (χ0v) is 18.3. The number of hydrogen-bond acceptors (Lipinski definition) is 8. The van der Waals surface area contributed by atoms with Gasteiger partial charge in [-0.05, 0) is 32.9 Å². The highest BCUT2D eigenvalue weighted by atomic mass is 16.5. The number of anilines is 1. The van der Waals surface area contributed by atoms with Crippen molar-refractivity contribution in [2.75, 3.05) is 38.2 Å². The molecule has 2 aromatic heterocycles. The van der Waals surface area contributed by atoms with Crippen molar-refractivity contribution in [2.24, 2.45) is 0 Å². The van der Waals surface area contributed by atoms with E-state index in [-0.39, 0.29) is 12.0 Å². The van der Waals surface area contributed by atoms with Crippen molar-refractivity contribution < 1.29 is 14.1 Å². The maximum absolute atomic E-state index is 11.8. The molecule has 1 aliphatic heterocycles. The van der Waals surface area contributed by atoms with E-state index < -0.39 is 0 Å². The summed E-state index contributed by atoms with van der Waals surface area (Å²) in [5, 5.41) is 4.16. The van der Waals surface area contributed by atoms with Crippen LogP contribution in [0.2, 0.25) is 0 Å². The lowest BCUT2D eigenvalue weighted by molar-refractivity contribution is 0.0599. The molecule has 0 spiro atoms. The summed E-state index contributed by atoms with van der Waals surface area (Å²) < 4.78 is 10.4. The Morgan fingerprint density at radius 3 is 2.39 bits per heavy atom. The van der Waals surface area contributed by atoms with Gasteiger partial charge in [-0.25, -0.2) is 9.78 Å². The number of methoxy groups -OCH3 is 1. The normalized spacial score (nSPS) is 15.7. The monoisotopic (exact) mass is 421 g/mol. The molecule has 0 radical (unpaired) electrons. The Balaban J connectivity index is 1.39. The van der Waals surface area contributed by atoms with Crippen molar-refractivity contribution in [1.82, 2.24) is 20.0 Å². The summed E-state index contributed by atoms with van der Waals surface area (Å²) >= 11 is 0. The van der Waals surface area contributed by atoms with E-state index in [1.165, 1.54) is 12.7 Å². The van der Waals surface area contributed by atoms with Crippen molar-refractivity contribution >= 4 is 11.8 Å². The standard InChI is InChI=1S/C23H27N5O3/c1-15-5-7-18(8-6-15)21-25-22(31-26-21)17(3)27-11-13-28(14-12-27)20-10-9-19(16(2)24-20)23(29)30-4/h5-10,17H,11-14H2,1-4H3. The van der Waals surface area contributed by atoms with E-state index in [1.54, 1.807) is 6.07 Å². The predicted octanol–water partition coefficient (Wildman–Crippen LogP) is 3.42. The molecular formula is C23H27N5O3. The molecule has 4 rings (SSSR count). The molecule has 8 nitrogen and oxygen atoms in total. The largest absolute Gasteiger partial charge is 0.465 e. The maximum atomic E-state index is 11.8. The average molecular weight is 422 g/mol. The lowest BCUT2D eigenvalue weighted by atomic mass is 10.1. The predicted molar refractivity (Wildman–Crippen MR) is 117 cm³/mol. The Kier molecular flexibility index (Phi) is 5.99. The average Bonchev–Trinajstić information content (AvgIpc) is 3.29. The Labute approximate surface area is 181 Å². The van der Waals surface area contributed by atoms with E-state index in [2.05, 4.69) is 38.8 Å². The molecule has 1 saturated heterocycles. The minimum absolute atomic E-state index is 0.0326. The summed E-state index contributed by atoms with van der Waals surface area (Å²) in [4.78, 5) is 25.6. The molecule has 162 valence electrons. The minimum atomic E-state index is -0.361. The van der Waals surface area contributed by atoms with Crippen molar-refractivity contribution in [3.8, 4) is 11.4 Å². The summed E-state index contributed by atoms with van der Waals surface area (Å²) in [6, 6.07) is 11.8. The molecule has 3 aromatic rings. The first-order valence-corrected chi connectivity index (χ1v) is 10.4. The number of benzene rings is 1. The highest BCUT2D eigenvalue weighted by Gasteiger charge is 2.27. The Morgan fingerprint density at radius 1 is 1.03 bits per heavy atom. The number of rotatable bonds is 5. The number of aromatic nitrogens is 3. The van der Waals surface area contributed by atoms with Gasteiger partial charge in [-0.1, -0.05) is 35.0 Å². The quantitative estimate of drug-likeness (QED) is 0.580. The number of aryl methyl sites for hydroxylation is 2. The lowest BCUT2D eigenvalue weighted by Gasteiger charge is -2.37. The maximum Gasteiger partial charge on any atom is 0.339 e. The first-order chi connectivity index (χ1) is 15.0. The number of esters is 1. The third kappa shape index (κ3) is 4.44. The summed E-state index contributed by atoms with van der Waals surface area (Å²) in [5.41, 5.74) is 3.33. The fraction of sp³-hybridized carbons (Fsp3) is 0.391. The lowest BCUT2D eigenvalue weighted by Crippen LogP contribution is -2.47. The van der Waals surface area contributed by atoms with Crippen LogP contribution in [0.5, 0.6) is 0 Å². The molecule has 8 heteroatoms. The summed E-state index contributed by atoms with van der Waals surface area (Å²) in [6.07, 6.45) is 0. The van der Waals surface area contributed by atoms with Gasteiger partial charge in [-0.2, -0.15) is 4.98 Å². The van der Waals surface area contributed by atoms with Gasteiger partial charge in [0.15, 0.2) is 0 Å². The second kappa shape index (κ2) is 8.85. The van der Waals surface area contributed by atoms with E-state index in [4.69, 9.17) is 9.26 Å². The molecule has 0 saturated carbocycles. The molecule has 0 aliphatic carbocycles. The van der Waals surface area contributed by atoms with Crippen LogP contribution in [0.25, 0.3) is 11.4 Å². The van der Waals surface area contributed by atoms with E-state index in [0.29, 0.717) is 23.0 Å². The summed E-state index contributed by atoms with van der Waals surface area (Å²) in [5.74, 6) is 1.75. The second-order valence-corrected chi connectivity index (χ2v) is 7.82. The van der Waals surface area contributed by atoms with Crippen LogP contribution in [0.1, 0.15) is 40.5 Å². The Hall–Kier alpha value is -3.26. The molecule has 1 unspecified atom stereocenters. The van der Waals surface area contributed by atoms with Crippen molar-refractivity contribution in [2.45, 2.75) is 26.8 Å². The smallest absolute Gasteiger partial charge is 0.339 e. The van der Waals surface area contributed by atoms with Gasteiger partial charge in [0, 0.05) is 31.7 Å². The minimum Gasteiger partial charge on any atom is -0.465 e. The molecule has 0 bridgehead atoms. The number of carbonyl (C=O) groups excluding carboxylic acids is 1. The highest BCUT2D eigenvalue weighted by molar-refractivity contribution is 5.90.